The first-order valence-electron chi connectivity index (χ1n) is 7.91. The Hall–Kier alpha value is -1.48. The number of likely N-dealkylation sites (tertiary alicyclic amines) is 1. The second-order valence-corrected chi connectivity index (χ2v) is 8.76. The van der Waals surface area contributed by atoms with Gasteiger partial charge in [0.2, 0.25) is 15.9 Å². The quantitative estimate of drug-likeness (QED) is 0.827. The lowest BCUT2D eigenvalue weighted by Crippen LogP contribution is -2.52. The Kier molecular flexibility index (Phi) is 3.96. The van der Waals surface area contributed by atoms with Crippen LogP contribution in [0.5, 0.6) is 0 Å². The van der Waals surface area contributed by atoms with Crippen molar-refractivity contribution in [3.8, 4) is 0 Å². The van der Waals surface area contributed by atoms with E-state index in [1.54, 1.807) is 23.1 Å². The zero-order valence-electron chi connectivity index (χ0n) is 13.7. The van der Waals surface area contributed by atoms with E-state index >= 15 is 0 Å². The van der Waals surface area contributed by atoms with Gasteiger partial charge in [0.25, 0.3) is 0 Å². The first-order valence-corrected chi connectivity index (χ1v) is 9.52. The van der Waals surface area contributed by atoms with E-state index in [4.69, 9.17) is 0 Å². The Morgan fingerprint density at radius 2 is 2.17 bits per heavy atom. The zero-order valence-corrected chi connectivity index (χ0v) is 14.6. The third kappa shape index (κ3) is 2.65. The summed E-state index contributed by atoms with van der Waals surface area (Å²) < 4.78 is 26.0. The van der Waals surface area contributed by atoms with E-state index in [0.29, 0.717) is 38.4 Å². The molecule has 3 rings (SSSR count). The maximum Gasteiger partial charge on any atom is 0.219 e. The minimum Gasteiger partial charge on any atom is -0.342 e. The van der Waals surface area contributed by atoms with E-state index in [0.717, 1.165) is 5.82 Å². The number of hydrogen-bond acceptors (Lipinski definition) is 5. The standard InChI is InChI=1S/C14H23N5O3S/c1-4-23(21,22)19-6-5-14(13-15-10(2)16-17-13)9-18(11(3)20)7-12(14)8-19/h12H,4-9H2,1-3H3,(H,15,16,17)/t12-,14+/m0/s1. The van der Waals surface area contributed by atoms with Crippen LogP contribution in [0, 0.1) is 12.8 Å². The first-order chi connectivity index (χ1) is 10.8. The van der Waals surface area contributed by atoms with Crippen molar-refractivity contribution in [2.24, 2.45) is 5.92 Å². The zero-order chi connectivity index (χ0) is 16.8. The summed E-state index contributed by atoms with van der Waals surface area (Å²) in [6.07, 6.45) is 0.637. The molecule has 0 spiro atoms. The molecule has 2 atom stereocenters. The predicted molar refractivity (Wildman–Crippen MR) is 84.2 cm³/mol. The molecule has 23 heavy (non-hydrogen) atoms. The minimum atomic E-state index is -3.22. The molecule has 9 heteroatoms. The lowest BCUT2D eigenvalue weighted by molar-refractivity contribution is -0.128. The molecule has 0 bridgehead atoms. The highest BCUT2D eigenvalue weighted by molar-refractivity contribution is 7.89. The molecule has 0 radical (unpaired) electrons. The van der Waals surface area contributed by atoms with E-state index in [1.165, 1.54) is 0 Å². The number of hydrogen-bond donors (Lipinski definition) is 1. The molecule has 1 N–H and O–H groups in total. The van der Waals surface area contributed by atoms with Crippen molar-refractivity contribution in [3.63, 3.8) is 0 Å². The van der Waals surface area contributed by atoms with Gasteiger partial charge in [0.15, 0.2) is 5.82 Å². The van der Waals surface area contributed by atoms with Gasteiger partial charge in [-0.3, -0.25) is 9.89 Å². The minimum absolute atomic E-state index is 0.0101. The Bertz CT molecular complexity index is 716. The lowest BCUT2D eigenvalue weighted by atomic mass is 9.72. The Balaban J connectivity index is 1.95. The van der Waals surface area contributed by atoms with Gasteiger partial charge in [0.05, 0.1) is 11.2 Å². The van der Waals surface area contributed by atoms with Crippen molar-refractivity contribution in [1.82, 2.24) is 24.4 Å². The number of carbonyl (C=O) groups excluding carboxylic acids is 1. The summed E-state index contributed by atoms with van der Waals surface area (Å²) in [5.74, 6) is 1.58. The van der Waals surface area contributed by atoms with Crippen LogP contribution < -0.4 is 0 Å². The number of nitrogens with zero attached hydrogens (tertiary/aromatic N) is 4. The number of nitrogens with one attached hydrogen (secondary N) is 1. The molecule has 3 heterocycles. The summed E-state index contributed by atoms with van der Waals surface area (Å²) in [6, 6.07) is 0. The van der Waals surface area contributed by atoms with E-state index in [9.17, 15) is 13.2 Å². The maximum absolute atomic E-state index is 12.2. The number of aryl methyl sites for hydroxylation is 1. The first kappa shape index (κ1) is 16.4. The third-order valence-electron chi connectivity index (χ3n) is 5.17. The van der Waals surface area contributed by atoms with Gasteiger partial charge in [-0.25, -0.2) is 17.7 Å². The van der Waals surface area contributed by atoms with Crippen LogP contribution in [0.2, 0.25) is 0 Å². The van der Waals surface area contributed by atoms with Gasteiger partial charge < -0.3 is 4.90 Å². The summed E-state index contributed by atoms with van der Waals surface area (Å²) >= 11 is 0. The molecule has 8 nitrogen and oxygen atoms in total. The number of rotatable bonds is 3. The fraction of sp³-hybridized carbons (Fsp3) is 0.786. The van der Waals surface area contributed by atoms with E-state index in [2.05, 4.69) is 15.2 Å². The fourth-order valence-corrected chi connectivity index (χ4v) is 4.90. The van der Waals surface area contributed by atoms with Crippen LogP contribution in [-0.2, 0) is 20.2 Å². The summed E-state index contributed by atoms with van der Waals surface area (Å²) in [5.41, 5.74) is -0.351. The number of amides is 1. The summed E-state index contributed by atoms with van der Waals surface area (Å²) in [5, 5.41) is 7.21. The van der Waals surface area contributed by atoms with Gasteiger partial charge in [-0.05, 0) is 20.3 Å². The van der Waals surface area contributed by atoms with Crippen LogP contribution in [0.4, 0.5) is 0 Å². The normalized spacial score (nSPS) is 28.8. The van der Waals surface area contributed by atoms with Crippen molar-refractivity contribution < 1.29 is 13.2 Å². The molecule has 1 amide bonds. The number of H-pyrrole nitrogens is 1. The van der Waals surface area contributed by atoms with Crippen LogP contribution in [0.25, 0.3) is 0 Å². The lowest BCUT2D eigenvalue weighted by Gasteiger charge is -2.40. The molecule has 2 aliphatic rings. The van der Waals surface area contributed by atoms with E-state index < -0.39 is 10.0 Å². The van der Waals surface area contributed by atoms with Crippen LogP contribution in [0.15, 0.2) is 0 Å². The third-order valence-corrected chi connectivity index (χ3v) is 7.02. The molecule has 128 valence electrons. The molecule has 0 aliphatic carbocycles. The number of aromatic amines is 1. The molecule has 2 aliphatic heterocycles. The predicted octanol–water partition coefficient (Wildman–Crippen LogP) is -0.115. The highest BCUT2D eigenvalue weighted by Crippen LogP contribution is 2.44. The van der Waals surface area contributed by atoms with Gasteiger partial charge in [0, 0.05) is 39.0 Å². The topological polar surface area (TPSA) is 99.3 Å². The van der Waals surface area contributed by atoms with Crippen molar-refractivity contribution >= 4 is 15.9 Å². The molecular weight excluding hydrogens is 318 g/mol. The van der Waals surface area contributed by atoms with Gasteiger partial charge in [0.1, 0.15) is 5.82 Å². The highest BCUT2D eigenvalue weighted by Gasteiger charge is 2.54. The molecule has 0 unspecified atom stereocenters. The second kappa shape index (κ2) is 5.55. The Morgan fingerprint density at radius 3 is 2.74 bits per heavy atom. The maximum atomic E-state index is 12.2. The highest BCUT2D eigenvalue weighted by atomic mass is 32.2. The van der Waals surface area contributed by atoms with Crippen molar-refractivity contribution in [2.45, 2.75) is 32.6 Å². The van der Waals surface area contributed by atoms with Crippen molar-refractivity contribution in [1.29, 1.82) is 0 Å². The molecule has 2 fully saturated rings. The van der Waals surface area contributed by atoms with Crippen LogP contribution in [0.1, 0.15) is 31.9 Å². The van der Waals surface area contributed by atoms with E-state index in [1.807, 2.05) is 6.92 Å². The van der Waals surface area contributed by atoms with Gasteiger partial charge in [-0.2, -0.15) is 5.10 Å². The number of sulfonamides is 1. The van der Waals surface area contributed by atoms with Crippen molar-refractivity contribution in [3.05, 3.63) is 11.6 Å². The number of fused-ring (bicyclic) bond motifs is 1. The monoisotopic (exact) mass is 341 g/mol. The summed E-state index contributed by atoms with van der Waals surface area (Å²) in [6.45, 7) is 7.04. The molecule has 0 aromatic carbocycles. The number of aromatic nitrogens is 3. The average Bonchev–Trinajstić information content (AvgIpc) is 3.10. The largest absolute Gasteiger partial charge is 0.342 e. The molecule has 0 saturated carbocycles. The Morgan fingerprint density at radius 1 is 1.43 bits per heavy atom. The molecule has 2 saturated heterocycles. The SMILES string of the molecule is CCS(=O)(=O)N1CC[C@@]2(c3n[nH]c(C)n3)CN(C(C)=O)C[C@H]2C1. The number of carbonyl (C=O) groups is 1. The second-order valence-electron chi connectivity index (χ2n) is 6.51. The van der Waals surface area contributed by atoms with Crippen LogP contribution >= 0.6 is 0 Å². The van der Waals surface area contributed by atoms with Crippen LogP contribution in [-0.4, -0.2) is 70.6 Å². The summed E-state index contributed by atoms with van der Waals surface area (Å²) in [4.78, 5) is 18.1. The fourth-order valence-electron chi connectivity index (χ4n) is 3.76. The summed E-state index contributed by atoms with van der Waals surface area (Å²) in [7, 11) is -3.22. The van der Waals surface area contributed by atoms with Crippen LogP contribution in [0.3, 0.4) is 0 Å². The van der Waals surface area contributed by atoms with E-state index in [-0.39, 0.29) is 23.0 Å². The van der Waals surface area contributed by atoms with Crippen molar-refractivity contribution in [2.75, 3.05) is 31.9 Å². The smallest absolute Gasteiger partial charge is 0.219 e. The van der Waals surface area contributed by atoms with Gasteiger partial charge in [-0.15, -0.1) is 0 Å². The molecule has 1 aromatic heterocycles. The molecule has 1 aromatic rings. The Labute approximate surface area is 136 Å². The van der Waals surface area contributed by atoms with Gasteiger partial charge in [-0.1, -0.05) is 0 Å². The average molecular weight is 341 g/mol. The van der Waals surface area contributed by atoms with Gasteiger partial charge >= 0.3 is 0 Å². The molecular formula is C14H23N5O3S. The number of piperidine rings is 1.